The Morgan fingerprint density at radius 3 is 2.28 bits per heavy atom. The maximum absolute atomic E-state index is 6.03. The quantitative estimate of drug-likeness (QED) is 0.617. The topological polar surface area (TPSA) is 33.7 Å². The highest BCUT2D eigenvalue weighted by Gasteiger charge is 2.24. The molecule has 0 spiro atoms. The van der Waals surface area contributed by atoms with Gasteiger partial charge in [-0.15, -0.1) is 24.8 Å². The van der Waals surface area contributed by atoms with Crippen molar-refractivity contribution >= 4 is 24.8 Å². The van der Waals surface area contributed by atoms with Gasteiger partial charge in [-0.1, -0.05) is 50.2 Å². The summed E-state index contributed by atoms with van der Waals surface area (Å²) >= 11 is 0. The zero-order chi connectivity index (χ0) is 19.1. The van der Waals surface area contributed by atoms with Crippen molar-refractivity contribution < 1.29 is 9.47 Å². The monoisotopic (exact) mass is 440 g/mol. The van der Waals surface area contributed by atoms with E-state index in [1.54, 1.807) is 7.11 Å². The van der Waals surface area contributed by atoms with Gasteiger partial charge in [-0.2, -0.15) is 0 Å². The van der Waals surface area contributed by atoms with Gasteiger partial charge in [-0.25, -0.2) is 0 Å². The fourth-order valence-electron chi connectivity index (χ4n) is 3.68. The Balaban J connectivity index is 0.00000210. The van der Waals surface area contributed by atoms with Crippen molar-refractivity contribution in [3.05, 3.63) is 59.7 Å². The lowest BCUT2D eigenvalue weighted by Crippen LogP contribution is -2.45. The molecule has 0 unspecified atom stereocenters. The van der Waals surface area contributed by atoms with Crippen LogP contribution in [0.25, 0.3) is 0 Å². The second-order valence-corrected chi connectivity index (χ2v) is 7.62. The van der Waals surface area contributed by atoms with Crippen LogP contribution >= 0.6 is 24.8 Å². The van der Waals surface area contributed by atoms with Gasteiger partial charge in [-0.05, 0) is 35.6 Å². The van der Waals surface area contributed by atoms with Gasteiger partial charge in [0.2, 0.25) is 0 Å². The Labute approximate surface area is 187 Å². The summed E-state index contributed by atoms with van der Waals surface area (Å²) in [5.41, 5.74) is 2.47. The molecule has 1 aliphatic rings. The summed E-state index contributed by atoms with van der Waals surface area (Å²) in [5.74, 6) is 2.26. The summed E-state index contributed by atoms with van der Waals surface area (Å²) in [6.07, 6.45) is 1.15. The zero-order valence-corrected chi connectivity index (χ0v) is 19.2. The third kappa shape index (κ3) is 7.38. The van der Waals surface area contributed by atoms with E-state index in [0.29, 0.717) is 18.6 Å². The van der Waals surface area contributed by atoms with Gasteiger partial charge in [-0.3, -0.25) is 4.90 Å². The van der Waals surface area contributed by atoms with Gasteiger partial charge < -0.3 is 14.8 Å². The predicted molar refractivity (Wildman–Crippen MR) is 125 cm³/mol. The average Bonchev–Trinajstić information content (AvgIpc) is 2.71. The number of rotatable bonds is 8. The molecule has 2 aromatic carbocycles. The van der Waals surface area contributed by atoms with E-state index >= 15 is 0 Å². The number of halogens is 2. The maximum atomic E-state index is 6.03. The van der Waals surface area contributed by atoms with Crippen LogP contribution in [0.4, 0.5) is 0 Å². The molecule has 2 aromatic rings. The average molecular weight is 441 g/mol. The standard InChI is InChI=1S/C23H32N2O2.2ClH/c1-18(2)15-21(25-13-11-24-12-14-25)20-9-10-22(23(16-20)26-3)27-17-19-7-5-4-6-8-19;;/h4-10,16,18,21,24H,11-15,17H2,1-3H3;2*1H/t21-;;/m1../s1. The lowest BCUT2D eigenvalue weighted by molar-refractivity contribution is 0.153. The van der Waals surface area contributed by atoms with Gasteiger partial charge >= 0.3 is 0 Å². The molecule has 0 radical (unpaired) electrons. The molecule has 0 aliphatic carbocycles. The molecular formula is C23H34Cl2N2O2. The number of piperazine rings is 1. The van der Waals surface area contributed by atoms with E-state index in [-0.39, 0.29) is 24.8 Å². The predicted octanol–water partition coefficient (Wildman–Crippen LogP) is 5.11. The molecule has 162 valence electrons. The first-order chi connectivity index (χ1) is 13.2. The van der Waals surface area contributed by atoms with E-state index in [1.807, 2.05) is 18.2 Å². The van der Waals surface area contributed by atoms with Crippen LogP contribution in [-0.2, 0) is 6.61 Å². The lowest BCUT2D eigenvalue weighted by Gasteiger charge is -2.36. The zero-order valence-electron chi connectivity index (χ0n) is 17.6. The third-order valence-corrected chi connectivity index (χ3v) is 5.10. The minimum absolute atomic E-state index is 0. The highest BCUT2D eigenvalue weighted by molar-refractivity contribution is 5.85. The first-order valence-corrected chi connectivity index (χ1v) is 9.97. The summed E-state index contributed by atoms with van der Waals surface area (Å²) in [7, 11) is 1.72. The van der Waals surface area contributed by atoms with Crippen molar-refractivity contribution in [1.82, 2.24) is 10.2 Å². The molecule has 1 heterocycles. The van der Waals surface area contributed by atoms with Crippen LogP contribution in [-0.4, -0.2) is 38.2 Å². The largest absolute Gasteiger partial charge is 0.493 e. The van der Waals surface area contributed by atoms with Crippen molar-refractivity contribution in [2.75, 3.05) is 33.3 Å². The molecule has 0 saturated carbocycles. The van der Waals surface area contributed by atoms with Crippen molar-refractivity contribution in [2.24, 2.45) is 5.92 Å². The van der Waals surface area contributed by atoms with Crippen LogP contribution in [0.3, 0.4) is 0 Å². The van der Waals surface area contributed by atoms with E-state index in [1.165, 1.54) is 5.56 Å². The van der Waals surface area contributed by atoms with E-state index in [4.69, 9.17) is 9.47 Å². The normalized spacial score (nSPS) is 15.2. The maximum Gasteiger partial charge on any atom is 0.161 e. The number of hydrogen-bond donors (Lipinski definition) is 1. The number of benzene rings is 2. The Bertz CT molecular complexity index is 707. The number of nitrogens with one attached hydrogen (secondary N) is 1. The minimum Gasteiger partial charge on any atom is -0.493 e. The number of hydrogen-bond acceptors (Lipinski definition) is 4. The summed E-state index contributed by atoms with van der Waals surface area (Å²) in [5, 5.41) is 3.45. The highest BCUT2D eigenvalue weighted by Crippen LogP contribution is 2.35. The minimum atomic E-state index is 0. The van der Waals surface area contributed by atoms with E-state index in [0.717, 1.165) is 49.7 Å². The number of nitrogens with zero attached hydrogens (tertiary/aromatic N) is 1. The van der Waals surface area contributed by atoms with Gasteiger partial charge in [0.1, 0.15) is 6.61 Å². The third-order valence-electron chi connectivity index (χ3n) is 5.10. The summed E-state index contributed by atoms with van der Waals surface area (Å²) in [4.78, 5) is 2.59. The highest BCUT2D eigenvalue weighted by atomic mass is 35.5. The van der Waals surface area contributed by atoms with Crippen molar-refractivity contribution in [2.45, 2.75) is 32.9 Å². The first-order valence-electron chi connectivity index (χ1n) is 9.97. The van der Waals surface area contributed by atoms with Crippen LogP contribution in [0.5, 0.6) is 11.5 Å². The molecule has 1 atom stereocenters. The van der Waals surface area contributed by atoms with Crippen LogP contribution in [0.1, 0.15) is 37.4 Å². The van der Waals surface area contributed by atoms with Crippen molar-refractivity contribution in [3.63, 3.8) is 0 Å². The Morgan fingerprint density at radius 1 is 0.966 bits per heavy atom. The molecule has 29 heavy (non-hydrogen) atoms. The van der Waals surface area contributed by atoms with Crippen LogP contribution in [0, 0.1) is 5.92 Å². The van der Waals surface area contributed by atoms with Crippen molar-refractivity contribution in [3.8, 4) is 11.5 Å². The molecule has 4 nitrogen and oxygen atoms in total. The van der Waals surface area contributed by atoms with Crippen LogP contribution in [0.2, 0.25) is 0 Å². The second kappa shape index (κ2) is 13.0. The molecular weight excluding hydrogens is 407 g/mol. The molecule has 0 amide bonds. The van der Waals surface area contributed by atoms with E-state index < -0.39 is 0 Å². The molecule has 1 fully saturated rings. The van der Waals surface area contributed by atoms with Crippen LogP contribution < -0.4 is 14.8 Å². The first kappa shape index (κ1) is 25.6. The fraction of sp³-hybridized carbons (Fsp3) is 0.478. The lowest BCUT2D eigenvalue weighted by atomic mass is 9.94. The van der Waals surface area contributed by atoms with Gasteiger partial charge in [0.15, 0.2) is 11.5 Å². The fourth-order valence-corrected chi connectivity index (χ4v) is 3.68. The molecule has 1 N–H and O–H groups in total. The summed E-state index contributed by atoms with van der Waals surface area (Å²) < 4.78 is 11.7. The smallest absolute Gasteiger partial charge is 0.161 e. The molecule has 3 rings (SSSR count). The molecule has 1 saturated heterocycles. The van der Waals surface area contributed by atoms with Crippen LogP contribution in [0.15, 0.2) is 48.5 Å². The van der Waals surface area contributed by atoms with E-state index in [2.05, 4.69) is 54.4 Å². The summed E-state index contributed by atoms with van der Waals surface area (Å²) in [6.45, 7) is 9.43. The Hall–Kier alpha value is -1.46. The number of methoxy groups -OCH3 is 1. The van der Waals surface area contributed by atoms with Gasteiger partial charge in [0.05, 0.1) is 7.11 Å². The SMILES string of the molecule is COc1cc([C@@H](CC(C)C)N2CCNCC2)ccc1OCc1ccccc1.Cl.Cl. The Morgan fingerprint density at radius 2 is 1.66 bits per heavy atom. The van der Waals surface area contributed by atoms with E-state index in [9.17, 15) is 0 Å². The number of ether oxygens (including phenoxy) is 2. The molecule has 6 heteroatoms. The van der Waals surface area contributed by atoms with Crippen molar-refractivity contribution in [1.29, 1.82) is 0 Å². The van der Waals surface area contributed by atoms with Gasteiger partial charge in [0.25, 0.3) is 0 Å². The molecule has 0 bridgehead atoms. The Kier molecular flexibility index (Phi) is 11.4. The second-order valence-electron chi connectivity index (χ2n) is 7.62. The van der Waals surface area contributed by atoms with Gasteiger partial charge in [0, 0.05) is 32.2 Å². The summed E-state index contributed by atoms with van der Waals surface area (Å²) in [6, 6.07) is 17.1. The molecule has 1 aliphatic heterocycles. The molecule has 0 aromatic heterocycles.